The Hall–Kier alpha value is -2.09. The van der Waals surface area contributed by atoms with Gasteiger partial charge in [0, 0.05) is 10.7 Å². The largest absolute Gasteiger partial charge is 0.478 e. The fourth-order valence-corrected chi connectivity index (χ4v) is 1.91. The minimum Gasteiger partial charge on any atom is -0.478 e. The molecule has 0 amide bonds. The van der Waals surface area contributed by atoms with E-state index in [1.165, 1.54) is 24.4 Å². The first kappa shape index (κ1) is 15.3. The van der Waals surface area contributed by atoms with Gasteiger partial charge in [0.1, 0.15) is 5.82 Å². The van der Waals surface area contributed by atoms with Gasteiger partial charge in [0.25, 0.3) is 0 Å². The number of pyridine rings is 1. The maximum Gasteiger partial charge on any atom is 0.416 e. The second-order valence-electron chi connectivity index (χ2n) is 4.05. The zero-order valence-electron chi connectivity index (χ0n) is 10.3. The number of nitrogens with zero attached hydrogens (tertiary/aromatic N) is 1. The van der Waals surface area contributed by atoms with Crippen LogP contribution in [0.2, 0.25) is 0 Å². The predicted octanol–water partition coefficient (Wildman–Crippen LogP) is 4.30. The van der Waals surface area contributed by atoms with Gasteiger partial charge in [-0.15, -0.1) is 0 Å². The molecular weight excluding hydrogens is 353 g/mol. The average molecular weight is 361 g/mol. The molecule has 2 N–H and O–H groups in total. The fraction of sp³-hybridized carbons (Fsp3) is 0.0769. The molecule has 2 rings (SSSR count). The minimum absolute atomic E-state index is 0.0180. The van der Waals surface area contributed by atoms with Crippen molar-refractivity contribution < 1.29 is 23.1 Å². The summed E-state index contributed by atoms with van der Waals surface area (Å²) in [6, 6.07) is 5.63. The number of alkyl halides is 3. The maximum atomic E-state index is 12.7. The van der Waals surface area contributed by atoms with Gasteiger partial charge < -0.3 is 10.4 Å². The zero-order valence-corrected chi connectivity index (χ0v) is 11.9. The lowest BCUT2D eigenvalue weighted by atomic mass is 10.2. The van der Waals surface area contributed by atoms with Gasteiger partial charge in [-0.25, -0.2) is 9.78 Å². The molecular formula is C13H8BrF3N2O2. The summed E-state index contributed by atoms with van der Waals surface area (Å²) < 4.78 is 38.4. The zero-order chi connectivity index (χ0) is 15.6. The van der Waals surface area contributed by atoms with Crippen molar-refractivity contribution in [1.82, 2.24) is 4.98 Å². The van der Waals surface area contributed by atoms with Crippen molar-refractivity contribution in [3.63, 3.8) is 0 Å². The molecule has 1 heterocycles. The van der Waals surface area contributed by atoms with E-state index in [1.807, 2.05) is 0 Å². The van der Waals surface area contributed by atoms with Gasteiger partial charge in [0.15, 0.2) is 0 Å². The number of benzene rings is 1. The van der Waals surface area contributed by atoms with Crippen LogP contribution in [0.5, 0.6) is 0 Å². The van der Waals surface area contributed by atoms with Gasteiger partial charge in [-0.1, -0.05) is 0 Å². The van der Waals surface area contributed by atoms with Gasteiger partial charge in [0.2, 0.25) is 0 Å². The highest BCUT2D eigenvalue weighted by molar-refractivity contribution is 9.10. The van der Waals surface area contributed by atoms with Gasteiger partial charge >= 0.3 is 12.1 Å². The predicted molar refractivity (Wildman–Crippen MR) is 73.6 cm³/mol. The summed E-state index contributed by atoms with van der Waals surface area (Å²) in [6.07, 6.45) is -3.21. The molecule has 0 aliphatic rings. The first-order valence-electron chi connectivity index (χ1n) is 5.60. The molecule has 110 valence electrons. The van der Waals surface area contributed by atoms with Crippen LogP contribution >= 0.6 is 15.9 Å². The van der Waals surface area contributed by atoms with Crippen LogP contribution in [-0.4, -0.2) is 16.1 Å². The minimum atomic E-state index is -4.46. The lowest BCUT2D eigenvalue weighted by molar-refractivity contribution is -0.137. The van der Waals surface area contributed by atoms with E-state index in [0.717, 1.165) is 12.1 Å². The van der Waals surface area contributed by atoms with Gasteiger partial charge in [-0.05, 0) is 46.3 Å². The summed E-state index contributed by atoms with van der Waals surface area (Å²) in [6.45, 7) is 0. The van der Waals surface area contributed by atoms with Crippen molar-refractivity contribution in [2.75, 3.05) is 5.32 Å². The number of hydrogen-bond donors (Lipinski definition) is 2. The van der Waals surface area contributed by atoms with E-state index < -0.39 is 17.7 Å². The van der Waals surface area contributed by atoms with Gasteiger partial charge in [-0.3, -0.25) is 0 Å². The van der Waals surface area contributed by atoms with E-state index in [-0.39, 0.29) is 17.1 Å². The first-order chi connectivity index (χ1) is 9.77. The van der Waals surface area contributed by atoms with Crippen molar-refractivity contribution in [3.05, 3.63) is 52.1 Å². The van der Waals surface area contributed by atoms with E-state index in [9.17, 15) is 18.0 Å². The van der Waals surface area contributed by atoms with Crippen LogP contribution in [0, 0.1) is 0 Å². The van der Waals surface area contributed by atoms with Crippen LogP contribution < -0.4 is 5.32 Å². The number of aromatic carboxylic acids is 1. The molecule has 0 fully saturated rings. The lowest BCUT2D eigenvalue weighted by Gasteiger charge is -2.12. The number of anilines is 2. The summed E-state index contributed by atoms with van der Waals surface area (Å²) in [7, 11) is 0. The standard InChI is InChI=1S/C13H8BrF3N2O2/c14-9-2-1-8(13(15,16)17)6-10(9)19-11-5-7(12(20)21)3-4-18-11/h1-6H,(H,18,19)(H,20,21). The Bertz CT molecular complexity index is 689. The summed E-state index contributed by atoms with van der Waals surface area (Å²) >= 11 is 3.13. The normalized spacial score (nSPS) is 11.2. The highest BCUT2D eigenvalue weighted by atomic mass is 79.9. The fourth-order valence-electron chi connectivity index (χ4n) is 1.57. The quantitative estimate of drug-likeness (QED) is 0.856. The Morgan fingerprint density at radius 2 is 1.95 bits per heavy atom. The number of carboxylic acids is 1. The number of aromatic nitrogens is 1. The summed E-state index contributed by atoms with van der Waals surface area (Å²) in [5.41, 5.74) is -0.696. The smallest absolute Gasteiger partial charge is 0.416 e. The topological polar surface area (TPSA) is 62.2 Å². The Morgan fingerprint density at radius 3 is 2.57 bits per heavy atom. The van der Waals surface area contributed by atoms with E-state index in [4.69, 9.17) is 5.11 Å². The molecule has 0 spiro atoms. The van der Waals surface area contributed by atoms with Gasteiger partial charge in [0.05, 0.1) is 16.8 Å². The number of nitrogens with one attached hydrogen (secondary N) is 1. The Labute approximate surface area is 125 Å². The molecule has 4 nitrogen and oxygen atoms in total. The van der Waals surface area contributed by atoms with Crippen molar-refractivity contribution in [2.24, 2.45) is 0 Å². The molecule has 0 aliphatic heterocycles. The number of halogens is 4. The molecule has 8 heteroatoms. The maximum absolute atomic E-state index is 12.7. The molecule has 21 heavy (non-hydrogen) atoms. The monoisotopic (exact) mass is 360 g/mol. The van der Waals surface area contributed by atoms with Crippen molar-refractivity contribution in [1.29, 1.82) is 0 Å². The molecule has 1 aromatic heterocycles. The van der Waals surface area contributed by atoms with E-state index in [0.29, 0.717) is 4.47 Å². The van der Waals surface area contributed by atoms with Crippen molar-refractivity contribution in [3.8, 4) is 0 Å². The summed E-state index contributed by atoms with van der Waals surface area (Å²) in [4.78, 5) is 14.7. The molecule has 0 radical (unpaired) electrons. The molecule has 1 aromatic carbocycles. The molecule has 0 aliphatic carbocycles. The van der Waals surface area contributed by atoms with Crippen LogP contribution in [0.15, 0.2) is 41.0 Å². The molecule has 0 saturated carbocycles. The van der Waals surface area contributed by atoms with Crippen molar-refractivity contribution >= 4 is 33.4 Å². The average Bonchev–Trinajstić information content (AvgIpc) is 2.40. The van der Waals surface area contributed by atoms with Crippen LogP contribution in [0.4, 0.5) is 24.7 Å². The Morgan fingerprint density at radius 1 is 1.24 bits per heavy atom. The van der Waals surface area contributed by atoms with Crippen LogP contribution in [0.1, 0.15) is 15.9 Å². The second-order valence-corrected chi connectivity index (χ2v) is 4.91. The number of hydrogen-bond acceptors (Lipinski definition) is 3. The van der Waals surface area contributed by atoms with Crippen LogP contribution in [-0.2, 0) is 6.18 Å². The molecule has 2 aromatic rings. The van der Waals surface area contributed by atoms with Crippen LogP contribution in [0.3, 0.4) is 0 Å². The lowest BCUT2D eigenvalue weighted by Crippen LogP contribution is -2.06. The Balaban J connectivity index is 2.35. The highest BCUT2D eigenvalue weighted by Crippen LogP contribution is 2.34. The van der Waals surface area contributed by atoms with E-state index in [1.54, 1.807) is 0 Å². The molecule has 0 bridgehead atoms. The van der Waals surface area contributed by atoms with Crippen LogP contribution in [0.25, 0.3) is 0 Å². The number of rotatable bonds is 3. The third kappa shape index (κ3) is 3.72. The SMILES string of the molecule is O=C(O)c1ccnc(Nc2cc(C(F)(F)F)ccc2Br)c1. The number of carbonyl (C=O) groups is 1. The summed E-state index contributed by atoms with van der Waals surface area (Å²) in [5.74, 6) is -1.02. The Kier molecular flexibility index (Phi) is 4.17. The van der Waals surface area contributed by atoms with E-state index >= 15 is 0 Å². The third-order valence-electron chi connectivity index (χ3n) is 2.56. The third-order valence-corrected chi connectivity index (χ3v) is 3.25. The van der Waals surface area contributed by atoms with Crippen molar-refractivity contribution in [2.45, 2.75) is 6.18 Å². The highest BCUT2D eigenvalue weighted by Gasteiger charge is 2.30. The summed E-state index contributed by atoms with van der Waals surface area (Å²) in [5, 5.41) is 11.5. The first-order valence-corrected chi connectivity index (χ1v) is 6.40. The molecule has 0 unspecified atom stereocenters. The van der Waals surface area contributed by atoms with E-state index in [2.05, 4.69) is 26.2 Å². The van der Waals surface area contributed by atoms with Gasteiger partial charge in [-0.2, -0.15) is 13.2 Å². The second kappa shape index (κ2) is 5.72. The number of carboxylic acid groups (broad SMARTS) is 1. The molecule has 0 saturated heterocycles. The molecule has 0 atom stereocenters.